The van der Waals surface area contributed by atoms with E-state index in [1.807, 2.05) is 40.8 Å². The van der Waals surface area contributed by atoms with Crippen LogP contribution in [0.25, 0.3) is 11.0 Å². The number of para-hydroxylation sites is 2. The number of hydrogen-bond donors (Lipinski definition) is 2. The number of fused-ring (bicyclic) bond motifs is 1. The quantitative estimate of drug-likeness (QED) is 0.872. The van der Waals surface area contributed by atoms with E-state index >= 15 is 0 Å². The number of aryl methyl sites for hydroxylation is 1. The third kappa shape index (κ3) is 3.62. The Morgan fingerprint density at radius 1 is 1.28 bits per heavy atom. The Morgan fingerprint density at radius 2 is 1.96 bits per heavy atom. The normalized spacial score (nSPS) is 21.7. The van der Waals surface area contributed by atoms with E-state index in [9.17, 15) is 9.90 Å². The van der Waals surface area contributed by atoms with E-state index in [4.69, 9.17) is 0 Å². The molecule has 7 nitrogen and oxygen atoms in total. The molecule has 7 heteroatoms. The van der Waals surface area contributed by atoms with E-state index in [-0.39, 0.29) is 24.7 Å². The molecule has 1 aromatic carbocycles. The number of nitrogens with one attached hydrogen (secondary N) is 1. The lowest BCUT2D eigenvalue weighted by Crippen LogP contribution is -2.60. The van der Waals surface area contributed by atoms with Crippen LogP contribution in [0, 0.1) is 0 Å². The van der Waals surface area contributed by atoms with Crippen molar-refractivity contribution in [2.45, 2.75) is 32.5 Å². The van der Waals surface area contributed by atoms with Gasteiger partial charge in [-0.2, -0.15) is 0 Å². The Kier molecular flexibility index (Phi) is 5.24. The van der Waals surface area contributed by atoms with Crippen LogP contribution >= 0.6 is 0 Å². The van der Waals surface area contributed by atoms with Gasteiger partial charge in [0, 0.05) is 38.8 Å². The number of rotatable bonds is 4. The molecule has 1 aliphatic rings. The number of carbonyl (C=O) groups is 1. The van der Waals surface area contributed by atoms with Crippen LogP contribution in [-0.2, 0) is 13.6 Å². The minimum Gasteiger partial charge on any atom is -0.395 e. The van der Waals surface area contributed by atoms with Crippen LogP contribution in [-0.4, -0.2) is 68.8 Å². The van der Waals surface area contributed by atoms with Gasteiger partial charge in [0.05, 0.1) is 24.2 Å². The summed E-state index contributed by atoms with van der Waals surface area (Å²) in [7, 11) is 1.97. The number of benzene rings is 1. The number of hydrogen-bond acceptors (Lipinski definition) is 4. The van der Waals surface area contributed by atoms with Gasteiger partial charge in [0.1, 0.15) is 5.82 Å². The van der Waals surface area contributed by atoms with Crippen molar-refractivity contribution < 1.29 is 9.90 Å². The van der Waals surface area contributed by atoms with Crippen LogP contribution in [0.5, 0.6) is 0 Å². The third-order valence-corrected chi connectivity index (χ3v) is 5.02. The highest BCUT2D eigenvalue weighted by molar-refractivity contribution is 5.76. The van der Waals surface area contributed by atoms with E-state index in [0.717, 1.165) is 16.9 Å². The molecule has 0 aliphatic carbocycles. The molecule has 0 radical (unpaired) electrons. The predicted molar refractivity (Wildman–Crippen MR) is 97.2 cm³/mol. The van der Waals surface area contributed by atoms with Crippen LogP contribution in [0.2, 0.25) is 0 Å². The average Bonchev–Trinajstić information content (AvgIpc) is 2.92. The molecule has 1 aromatic heterocycles. The summed E-state index contributed by atoms with van der Waals surface area (Å²) in [5.41, 5.74) is 2.00. The standard InChI is InChI=1S/C18H27N5O2/c1-13-11-22(12-14(2)23(13)8-9-24)18(25)19-10-17-20-15-6-4-5-7-16(15)21(17)3/h4-7,13-14,24H,8-12H2,1-3H3,(H,19,25)/t13-,14+. The van der Waals surface area contributed by atoms with E-state index in [1.54, 1.807) is 0 Å². The van der Waals surface area contributed by atoms with Gasteiger partial charge in [-0.05, 0) is 26.0 Å². The molecule has 136 valence electrons. The zero-order valence-corrected chi connectivity index (χ0v) is 15.1. The fourth-order valence-corrected chi connectivity index (χ4v) is 3.70. The molecule has 2 aromatic rings. The Balaban J connectivity index is 1.61. The number of aliphatic hydroxyl groups excluding tert-OH is 1. The average molecular weight is 345 g/mol. The van der Waals surface area contributed by atoms with Gasteiger partial charge in [-0.3, -0.25) is 4.90 Å². The first kappa shape index (κ1) is 17.7. The highest BCUT2D eigenvalue weighted by Gasteiger charge is 2.31. The minimum atomic E-state index is -0.0607. The monoisotopic (exact) mass is 345 g/mol. The first-order valence-corrected chi connectivity index (χ1v) is 8.81. The summed E-state index contributed by atoms with van der Waals surface area (Å²) in [6.45, 7) is 6.72. The number of piperazine rings is 1. The van der Waals surface area contributed by atoms with Crippen LogP contribution in [0.4, 0.5) is 4.79 Å². The highest BCUT2D eigenvalue weighted by Crippen LogP contribution is 2.16. The fraction of sp³-hybridized carbons (Fsp3) is 0.556. The maximum Gasteiger partial charge on any atom is 0.317 e. The molecule has 0 saturated carbocycles. The predicted octanol–water partition coefficient (Wildman–Crippen LogP) is 1.17. The summed E-state index contributed by atoms with van der Waals surface area (Å²) in [6, 6.07) is 8.36. The maximum absolute atomic E-state index is 12.6. The zero-order valence-electron chi connectivity index (χ0n) is 15.1. The number of nitrogens with zero attached hydrogens (tertiary/aromatic N) is 4. The van der Waals surface area contributed by atoms with Gasteiger partial charge >= 0.3 is 6.03 Å². The molecule has 2 heterocycles. The van der Waals surface area contributed by atoms with Crippen molar-refractivity contribution >= 4 is 17.1 Å². The molecule has 1 saturated heterocycles. The van der Waals surface area contributed by atoms with Gasteiger partial charge in [0.2, 0.25) is 0 Å². The summed E-state index contributed by atoms with van der Waals surface area (Å²) in [5.74, 6) is 0.842. The van der Waals surface area contributed by atoms with Crippen molar-refractivity contribution in [3.63, 3.8) is 0 Å². The lowest BCUT2D eigenvalue weighted by Gasteiger charge is -2.44. The highest BCUT2D eigenvalue weighted by atomic mass is 16.3. The molecule has 0 spiro atoms. The number of aromatic nitrogens is 2. The Bertz CT molecular complexity index is 732. The van der Waals surface area contributed by atoms with E-state index in [1.165, 1.54) is 0 Å². The van der Waals surface area contributed by atoms with Gasteiger partial charge in [0.25, 0.3) is 0 Å². The molecule has 2 N–H and O–H groups in total. The molecule has 25 heavy (non-hydrogen) atoms. The number of amides is 2. The van der Waals surface area contributed by atoms with Gasteiger partial charge in [-0.15, -0.1) is 0 Å². The van der Waals surface area contributed by atoms with Crippen molar-refractivity contribution in [1.82, 2.24) is 24.7 Å². The van der Waals surface area contributed by atoms with Gasteiger partial charge in [0.15, 0.2) is 0 Å². The largest absolute Gasteiger partial charge is 0.395 e. The smallest absolute Gasteiger partial charge is 0.317 e. The molecular weight excluding hydrogens is 318 g/mol. The summed E-state index contributed by atoms with van der Waals surface area (Å²) in [6.07, 6.45) is 0. The lowest BCUT2D eigenvalue weighted by molar-refractivity contribution is 0.0422. The topological polar surface area (TPSA) is 73.6 Å². The van der Waals surface area contributed by atoms with E-state index < -0.39 is 0 Å². The first-order chi connectivity index (χ1) is 12.0. The van der Waals surface area contributed by atoms with Crippen LogP contribution in [0.15, 0.2) is 24.3 Å². The lowest BCUT2D eigenvalue weighted by atomic mass is 10.1. The second-order valence-electron chi connectivity index (χ2n) is 6.80. The fourth-order valence-electron chi connectivity index (χ4n) is 3.70. The van der Waals surface area contributed by atoms with Crippen molar-refractivity contribution in [3.05, 3.63) is 30.1 Å². The SMILES string of the molecule is C[C@@H]1CN(C(=O)NCc2nc3ccccc3n2C)C[C@H](C)N1CCO. The molecule has 0 bridgehead atoms. The summed E-state index contributed by atoms with van der Waals surface area (Å²) < 4.78 is 2.01. The first-order valence-electron chi connectivity index (χ1n) is 8.81. The maximum atomic E-state index is 12.6. The number of urea groups is 1. The van der Waals surface area contributed by atoms with Crippen molar-refractivity contribution in [2.75, 3.05) is 26.2 Å². The van der Waals surface area contributed by atoms with Crippen LogP contribution in [0.1, 0.15) is 19.7 Å². The molecule has 2 atom stereocenters. The molecule has 0 unspecified atom stereocenters. The molecule has 2 amide bonds. The van der Waals surface area contributed by atoms with Crippen molar-refractivity contribution in [2.24, 2.45) is 7.05 Å². The van der Waals surface area contributed by atoms with Crippen molar-refractivity contribution in [1.29, 1.82) is 0 Å². The number of imidazole rings is 1. The Labute approximate surface area is 148 Å². The second-order valence-corrected chi connectivity index (χ2v) is 6.80. The summed E-state index contributed by atoms with van der Waals surface area (Å²) >= 11 is 0. The van der Waals surface area contributed by atoms with Crippen LogP contribution in [0.3, 0.4) is 0 Å². The number of aliphatic hydroxyl groups is 1. The Morgan fingerprint density at radius 3 is 2.60 bits per heavy atom. The third-order valence-electron chi connectivity index (χ3n) is 5.02. The van der Waals surface area contributed by atoms with Crippen LogP contribution < -0.4 is 5.32 Å². The molecule has 1 aliphatic heterocycles. The van der Waals surface area contributed by atoms with E-state index in [2.05, 4.69) is 29.0 Å². The summed E-state index contributed by atoms with van der Waals surface area (Å²) in [5, 5.41) is 12.2. The molecule has 3 rings (SSSR count). The second kappa shape index (κ2) is 7.41. The van der Waals surface area contributed by atoms with E-state index in [0.29, 0.717) is 26.2 Å². The Hall–Kier alpha value is -2.12. The molecule has 1 fully saturated rings. The van der Waals surface area contributed by atoms with Crippen molar-refractivity contribution in [3.8, 4) is 0 Å². The minimum absolute atomic E-state index is 0.0607. The molecular formula is C18H27N5O2. The zero-order chi connectivity index (χ0) is 18.0. The number of carbonyl (C=O) groups excluding carboxylic acids is 1. The van der Waals surface area contributed by atoms with Gasteiger partial charge in [-0.25, -0.2) is 9.78 Å². The van der Waals surface area contributed by atoms with Gasteiger partial charge in [-0.1, -0.05) is 12.1 Å². The number of β-amino-alcohol motifs (C(OH)–C–C–N with tert-alkyl or cyclic N) is 1. The van der Waals surface area contributed by atoms with Gasteiger partial charge < -0.3 is 19.9 Å². The summed E-state index contributed by atoms with van der Waals surface area (Å²) in [4.78, 5) is 21.3.